The molecular formula is C14H22N2O2. The van der Waals surface area contributed by atoms with Crippen molar-refractivity contribution in [2.75, 3.05) is 20.2 Å². The second kappa shape index (κ2) is 5.24. The molecule has 0 atom stereocenters. The third kappa shape index (κ3) is 2.65. The maximum Gasteiger partial charge on any atom is 0.137 e. The number of aliphatic hydroxyl groups is 1. The predicted octanol–water partition coefficient (Wildman–Crippen LogP) is 1.78. The van der Waals surface area contributed by atoms with Crippen LogP contribution in [0.15, 0.2) is 18.5 Å². The second-order valence-electron chi connectivity index (χ2n) is 5.27. The first-order valence-electron chi connectivity index (χ1n) is 6.51. The van der Waals surface area contributed by atoms with Gasteiger partial charge in [-0.15, -0.1) is 0 Å². The first-order chi connectivity index (χ1) is 8.55. The third-order valence-electron chi connectivity index (χ3n) is 3.84. The molecule has 1 saturated heterocycles. The fraction of sp³-hybridized carbons (Fsp3) is 0.643. The van der Waals surface area contributed by atoms with Crippen LogP contribution < -0.4 is 4.74 Å². The van der Waals surface area contributed by atoms with Gasteiger partial charge in [0.15, 0.2) is 0 Å². The molecule has 2 heterocycles. The molecule has 18 heavy (non-hydrogen) atoms. The summed E-state index contributed by atoms with van der Waals surface area (Å²) < 4.78 is 5.17. The number of likely N-dealkylation sites (tertiary alicyclic amines) is 1. The number of rotatable bonds is 3. The Hall–Kier alpha value is -1.13. The van der Waals surface area contributed by atoms with Gasteiger partial charge in [-0.3, -0.25) is 4.98 Å². The number of ether oxygens (including phenoxy) is 1. The number of piperidine rings is 1. The highest BCUT2D eigenvalue weighted by atomic mass is 16.5. The SMILES string of the molecule is COc1cncc(C2(O)CCN(C(C)C)CC2)c1. The zero-order valence-corrected chi connectivity index (χ0v) is 11.4. The van der Waals surface area contributed by atoms with Crippen LogP contribution in [0.5, 0.6) is 5.75 Å². The van der Waals surface area contributed by atoms with Crippen molar-refractivity contribution < 1.29 is 9.84 Å². The molecule has 4 nitrogen and oxygen atoms in total. The predicted molar refractivity (Wildman–Crippen MR) is 70.6 cm³/mol. The molecule has 0 saturated carbocycles. The number of methoxy groups -OCH3 is 1. The molecule has 1 fully saturated rings. The Kier molecular flexibility index (Phi) is 3.88. The Morgan fingerprint density at radius 3 is 2.56 bits per heavy atom. The number of pyridine rings is 1. The van der Waals surface area contributed by atoms with E-state index in [-0.39, 0.29) is 0 Å². The molecule has 2 rings (SSSR count). The van der Waals surface area contributed by atoms with E-state index in [0.717, 1.165) is 31.5 Å². The van der Waals surface area contributed by atoms with Gasteiger partial charge in [0, 0.05) is 30.9 Å². The maximum atomic E-state index is 10.7. The summed E-state index contributed by atoms with van der Waals surface area (Å²) in [6.45, 7) is 6.23. The first-order valence-corrected chi connectivity index (χ1v) is 6.51. The average Bonchev–Trinajstić information content (AvgIpc) is 2.39. The molecule has 0 aliphatic carbocycles. The van der Waals surface area contributed by atoms with Crippen molar-refractivity contribution >= 4 is 0 Å². The van der Waals surface area contributed by atoms with Crippen LogP contribution in [-0.4, -0.2) is 41.2 Å². The maximum absolute atomic E-state index is 10.7. The van der Waals surface area contributed by atoms with Crippen molar-refractivity contribution in [1.82, 2.24) is 9.88 Å². The topological polar surface area (TPSA) is 45.6 Å². The zero-order chi connectivity index (χ0) is 13.2. The lowest BCUT2D eigenvalue weighted by Crippen LogP contribution is -2.45. The van der Waals surface area contributed by atoms with Gasteiger partial charge in [0.05, 0.1) is 18.9 Å². The van der Waals surface area contributed by atoms with E-state index in [1.54, 1.807) is 19.5 Å². The summed E-state index contributed by atoms with van der Waals surface area (Å²) in [4.78, 5) is 6.52. The van der Waals surface area contributed by atoms with Gasteiger partial charge in [0.25, 0.3) is 0 Å². The van der Waals surface area contributed by atoms with Crippen LogP contribution in [0.2, 0.25) is 0 Å². The van der Waals surface area contributed by atoms with Crippen molar-refractivity contribution in [3.8, 4) is 5.75 Å². The Bertz CT molecular complexity index is 399. The lowest BCUT2D eigenvalue weighted by Gasteiger charge is -2.40. The molecule has 100 valence electrons. The van der Waals surface area contributed by atoms with E-state index in [4.69, 9.17) is 4.74 Å². The molecule has 0 bridgehead atoms. The molecule has 0 spiro atoms. The quantitative estimate of drug-likeness (QED) is 0.888. The van der Waals surface area contributed by atoms with E-state index in [2.05, 4.69) is 23.7 Å². The standard InChI is InChI=1S/C14H22N2O2/c1-11(2)16-6-4-14(17,5-7-16)12-8-13(18-3)10-15-9-12/h8-11,17H,4-7H2,1-3H3. The second-order valence-corrected chi connectivity index (χ2v) is 5.27. The minimum absolute atomic E-state index is 0.540. The van der Waals surface area contributed by atoms with Crippen LogP contribution in [0.4, 0.5) is 0 Å². The third-order valence-corrected chi connectivity index (χ3v) is 3.84. The largest absolute Gasteiger partial charge is 0.495 e. The highest BCUT2D eigenvalue weighted by Gasteiger charge is 2.35. The summed E-state index contributed by atoms with van der Waals surface area (Å²) in [5.41, 5.74) is 0.109. The Morgan fingerprint density at radius 1 is 1.33 bits per heavy atom. The fourth-order valence-corrected chi connectivity index (χ4v) is 2.48. The summed E-state index contributed by atoms with van der Waals surface area (Å²) >= 11 is 0. The Labute approximate surface area is 109 Å². The van der Waals surface area contributed by atoms with Crippen LogP contribution in [-0.2, 0) is 5.60 Å². The fourth-order valence-electron chi connectivity index (χ4n) is 2.48. The molecule has 4 heteroatoms. The van der Waals surface area contributed by atoms with Gasteiger partial charge in [-0.25, -0.2) is 0 Å². The van der Waals surface area contributed by atoms with E-state index < -0.39 is 5.60 Å². The summed E-state index contributed by atoms with van der Waals surface area (Å²) in [5.74, 6) is 0.701. The smallest absolute Gasteiger partial charge is 0.137 e. The van der Waals surface area contributed by atoms with E-state index in [1.807, 2.05) is 6.07 Å². The van der Waals surface area contributed by atoms with Gasteiger partial charge in [-0.05, 0) is 32.8 Å². The van der Waals surface area contributed by atoms with E-state index in [0.29, 0.717) is 11.8 Å². The highest BCUT2D eigenvalue weighted by Crippen LogP contribution is 2.34. The van der Waals surface area contributed by atoms with Crippen LogP contribution in [0.3, 0.4) is 0 Å². The zero-order valence-electron chi connectivity index (χ0n) is 11.4. The Morgan fingerprint density at radius 2 is 2.00 bits per heavy atom. The van der Waals surface area contributed by atoms with Crippen LogP contribution in [0, 0.1) is 0 Å². The average molecular weight is 250 g/mol. The number of nitrogens with zero attached hydrogens (tertiary/aromatic N) is 2. The highest BCUT2D eigenvalue weighted by molar-refractivity contribution is 5.28. The molecule has 1 N–H and O–H groups in total. The lowest BCUT2D eigenvalue weighted by molar-refractivity contribution is -0.0327. The summed E-state index contributed by atoms with van der Waals surface area (Å²) in [5, 5.41) is 10.7. The summed E-state index contributed by atoms with van der Waals surface area (Å²) in [6.07, 6.45) is 4.91. The van der Waals surface area contributed by atoms with Crippen LogP contribution in [0.1, 0.15) is 32.3 Å². The van der Waals surface area contributed by atoms with Crippen molar-refractivity contribution in [3.05, 3.63) is 24.0 Å². The van der Waals surface area contributed by atoms with Gasteiger partial charge >= 0.3 is 0 Å². The number of hydrogen-bond donors (Lipinski definition) is 1. The van der Waals surface area contributed by atoms with Gasteiger partial charge < -0.3 is 14.7 Å². The summed E-state index contributed by atoms with van der Waals surface area (Å²) in [6, 6.07) is 2.43. The molecule has 0 aromatic carbocycles. The van der Waals surface area contributed by atoms with Crippen molar-refractivity contribution in [1.29, 1.82) is 0 Å². The molecule has 0 unspecified atom stereocenters. The summed E-state index contributed by atoms with van der Waals surface area (Å²) in [7, 11) is 1.62. The van der Waals surface area contributed by atoms with Gasteiger partial charge in [-0.2, -0.15) is 0 Å². The minimum Gasteiger partial charge on any atom is -0.495 e. The van der Waals surface area contributed by atoms with Crippen molar-refractivity contribution in [3.63, 3.8) is 0 Å². The first kappa shape index (κ1) is 13.3. The van der Waals surface area contributed by atoms with Gasteiger partial charge in [0.1, 0.15) is 5.75 Å². The van der Waals surface area contributed by atoms with Crippen LogP contribution >= 0.6 is 0 Å². The van der Waals surface area contributed by atoms with Crippen molar-refractivity contribution in [2.45, 2.75) is 38.3 Å². The molecular weight excluding hydrogens is 228 g/mol. The van der Waals surface area contributed by atoms with Crippen molar-refractivity contribution in [2.24, 2.45) is 0 Å². The van der Waals surface area contributed by atoms with E-state index in [9.17, 15) is 5.11 Å². The Balaban J connectivity index is 2.12. The molecule has 1 aromatic heterocycles. The molecule has 1 aromatic rings. The normalized spacial score (nSPS) is 20.1. The number of hydrogen-bond acceptors (Lipinski definition) is 4. The number of aromatic nitrogens is 1. The molecule has 0 radical (unpaired) electrons. The van der Waals surface area contributed by atoms with Crippen LogP contribution in [0.25, 0.3) is 0 Å². The molecule has 1 aliphatic heterocycles. The van der Waals surface area contributed by atoms with Gasteiger partial charge in [0.2, 0.25) is 0 Å². The monoisotopic (exact) mass is 250 g/mol. The molecule has 0 amide bonds. The van der Waals surface area contributed by atoms with Gasteiger partial charge in [-0.1, -0.05) is 0 Å². The van der Waals surface area contributed by atoms with E-state index >= 15 is 0 Å². The molecule has 1 aliphatic rings. The lowest BCUT2D eigenvalue weighted by atomic mass is 9.85. The minimum atomic E-state index is -0.757. The van der Waals surface area contributed by atoms with E-state index in [1.165, 1.54) is 0 Å².